The molecule has 2 aromatic rings. The molecule has 0 saturated carbocycles. The first kappa shape index (κ1) is 26.7. The summed E-state index contributed by atoms with van der Waals surface area (Å²) in [5, 5.41) is 3.06. The summed E-state index contributed by atoms with van der Waals surface area (Å²) in [7, 11) is 2.59. The number of nitrogens with zero attached hydrogens (tertiary/aromatic N) is 1. The molecule has 1 amide bonds. The van der Waals surface area contributed by atoms with Gasteiger partial charge in [0.1, 0.15) is 11.5 Å². The van der Waals surface area contributed by atoms with Crippen molar-refractivity contribution >= 4 is 15.9 Å². The summed E-state index contributed by atoms with van der Waals surface area (Å²) in [6, 6.07) is 8.65. The molecule has 8 heteroatoms. The number of benzene rings is 2. The Kier molecular flexibility index (Phi) is 8.91. The van der Waals surface area contributed by atoms with Crippen molar-refractivity contribution in [1.29, 1.82) is 0 Å². The first-order valence-corrected chi connectivity index (χ1v) is 12.4. The Bertz CT molecular complexity index is 1090. The third-order valence-electron chi connectivity index (χ3n) is 5.74. The van der Waals surface area contributed by atoms with Crippen LogP contribution in [0.15, 0.2) is 35.2 Å². The highest BCUT2D eigenvalue weighted by atomic mass is 32.2. The van der Waals surface area contributed by atoms with Crippen LogP contribution in [0.3, 0.4) is 0 Å². The van der Waals surface area contributed by atoms with E-state index in [2.05, 4.69) is 25.2 Å². The molecule has 0 aliphatic rings. The van der Waals surface area contributed by atoms with Crippen LogP contribution >= 0.6 is 0 Å². The molecule has 7 nitrogen and oxygen atoms in total. The molecule has 0 fully saturated rings. The number of aryl methyl sites for hydroxylation is 2. The van der Waals surface area contributed by atoms with Crippen molar-refractivity contribution in [1.82, 2.24) is 9.62 Å². The zero-order valence-corrected chi connectivity index (χ0v) is 21.7. The van der Waals surface area contributed by atoms with E-state index < -0.39 is 10.0 Å². The fourth-order valence-corrected chi connectivity index (χ4v) is 4.72. The van der Waals surface area contributed by atoms with Crippen LogP contribution < -0.4 is 14.8 Å². The van der Waals surface area contributed by atoms with E-state index >= 15 is 0 Å². The Labute approximate surface area is 198 Å². The molecule has 0 bridgehead atoms. The summed E-state index contributed by atoms with van der Waals surface area (Å²) in [5.41, 5.74) is 3.87. The van der Waals surface area contributed by atoms with E-state index in [9.17, 15) is 13.2 Å². The van der Waals surface area contributed by atoms with Crippen molar-refractivity contribution in [2.75, 3.05) is 28.3 Å². The van der Waals surface area contributed by atoms with Gasteiger partial charge in [0.2, 0.25) is 15.9 Å². The maximum atomic E-state index is 12.7. The van der Waals surface area contributed by atoms with Crippen molar-refractivity contribution in [3.05, 3.63) is 52.6 Å². The van der Waals surface area contributed by atoms with Gasteiger partial charge < -0.3 is 14.8 Å². The Hall–Kier alpha value is -2.58. The number of rotatable bonds is 10. The highest BCUT2D eigenvalue weighted by Crippen LogP contribution is 2.32. The van der Waals surface area contributed by atoms with Gasteiger partial charge in [0.25, 0.3) is 0 Å². The third kappa shape index (κ3) is 6.26. The minimum absolute atomic E-state index is 0.119. The summed E-state index contributed by atoms with van der Waals surface area (Å²) in [6.07, 6.45) is 0.565. The number of amides is 1. The number of carbonyl (C=O) groups excluding carboxylic acids is 1. The van der Waals surface area contributed by atoms with E-state index in [0.29, 0.717) is 23.7 Å². The molecule has 1 N–H and O–H groups in total. The van der Waals surface area contributed by atoms with Crippen molar-refractivity contribution in [2.45, 2.75) is 57.4 Å². The summed E-state index contributed by atoms with van der Waals surface area (Å²) in [6.45, 7) is 8.18. The molecule has 0 aliphatic heterocycles. The standard InChI is InChI=1S/C25H36N2O5S/c1-16(2)21-15-22(17(3)13-24(21)32-8)18(4)26-25(28)12-9-19-14-20(10-11-23(19)31-7)33(29,30)27(5)6/h10-11,13-16,18H,9,12H2,1-8H3,(H,26,28). The summed E-state index contributed by atoms with van der Waals surface area (Å²) < 4.78 is 37.0. The second kappa shape index (κ2) is 11.0. The minimum Gasteiger partial charge on any atom is -0.496 e. The second-order valence-electron chi connectivity index (χ2n) is 8.66. The topological polar surface area (TPSA) is 84.9 Å². The molecule has 0 saturated heterocycles. The molecule has 0 aromatic heterocycles. The predicted octanol–water partition coefficient (Wildman–Crippen LogP) is 4.20. The van der Waals surface area contributed by atoms with Crippen molar-refractivity contribution < 1.29 is 22.7 Å². The minimum atomic E-state index is -3.57. The van der Waals surface area contributed by atoms with Crippen LogP contribution in [0.4, 0.5) is 0 Å². The smallest absolute Gasteiger partial charge is 0.242 e. The van der Waals surface area contributed by atoms with Crippen LogP contribution in [0, 0.1) is 6.92 Å². The molecule has 0 radical (unpaired) electrons. The number of ether oxygens (including phenoxy) is 2. The van der Waals surface area contributed by atoms with E-state index in [0.717, 1.165) is 26.7 Å². The molecular weight excluding hydrogens is 440 g/mol. The second-order valence-corrected chi connectivity index (χ2v) is 10.8. The molecule has 33 heavy (non-hydrogen) atoms. The maximum Gasteiger partial charge on any atom is 0.242 e. The van der Waals surface area contributed by atoms with Gasteiger partial charge in [-0.2, -0.15) is 0 Å². The lowest BCUT2D eigenvalue weighted by Crippen LogP contribution is -2.27. The molecule has 0 aliphatic carbocycles. The third-order valence-corrected chi connectivity index (χ3v) is 7.55. The highest BCUT2D eigenvalue weighted by molar-refractivity contribution is 7.89. The zero-order chi connectivity index (χ0) is 24.9. The summed E-state index contributed by atoms with van der Waals surface area (Å²) >= 11 is 0. The van der Waals surface area contributed by atoms with Gasteiger partial charge in [-0.05, 0) is 78.8 Å². The average molecular weight is 477 g/mol. The number of carbonyl (C=O) groups is 1. The summed E-state index contributed by atoms with van der Waals surface area (Å²) in [4.78, 5) is 12.9. The molecule has 1 unspecified atom stereocenters. The quantitative estimate of drug-likeness (QED) is 0.556. The van der Waals surface area contributed by atoms with Crippen LogP contribution in [0.5, 0.6) is 11.5 Å². The van der Waals surface area contributed by atoms with E-state index in [4.69, 9.17) is 9.47 Å². The van der Waals surface area contributed by atoms with Crippen LogP contribution in [0.25, 0.3) is 0 Å². The molecule has 2 rings (SSSR count). The number of hydrogen-bond acceptors (Lipinski definition) is 5. The first-order chi connectivity index (χ1) is 15.4. The van der Waals surface area contributed by atoms with Gasteiger partial charge in [-0.15, -0.1) is 0 Å². The van der Waals surface area contributed by atoms with Crippen molar-refractivity contribution in [3.8, 4) is 11.5 Å². The number of sulfonamides is 1. The lowest BCUT2D eigenvalue weighted by Gasteiger charge is -2.21. The molecule has 182 valence electrons. The van der Waals surface area contributed by atoms with Crippen LogP contribution in [-0.2, 0) is 21.2 Å². The van der Waals surface area contributed by atoms with E-state index in [1.54, 1.807) is 19.2 Å². The normalized spacial score (nSPS) is 12.7. The van der Waals surface area contributed by atoms with E-state index in [-0.39, 0.29) is 23.3 Å². The zero-order valence-electron chi connectivity index (χ0n) is 20.9. The van der Waals surface area contributed by atoms with Gasteiger partial charge in [-0.3, -0.25) is 4.79 Å². The fraction of sp³-hybridized carbons (Fsp3) is 0.480. The molecule has 0 heterocycles. The van der Waals surface area contributed by atoms with Crippen LogP contribution in [0.2, 0.25) is 0 Å². The van der Waals surface area contributed by atoms with Crippen molar-refractivity contribution in [2.24, 2.45) is 0 Å². The van der Waals surface area contributed by atoms with Gasteiger partial charge in [0, 0.05) is 20.5 Å². The van der Waals surface area contributed by atoms with Crippen LogP contribution in [0.1, 0.15) is 61.4 Å². The molecule has 2 aromatic carbocycles. The number of hydrogen-bond donors (Lipinski definition) is 1. The fourth-order valence-electron chi connectivity index (χ4n) is 3.77. The van der Waals surface area contributed by atoms with E-state index in [1.165, 1.54) is 27.3 Å². The van der Waals surface area contributed by atoms with Gasteiger partial charge in [-0.25, -0.2) is 12.7 Å². The monoisotopic (exact) mass is 476 g/mol. The van der Waals surface area contributed by atoms with Gasteiger partial charge in [0.15, 0.2) is 0 Å². The Balaban J connectivity index is 2.17. The number of methoxy groups -OCH3 is 2. The van der Waals surface area contributed by atoms with Gasteiger partial charge >= 0.3 is 0 Å². The van der Waals surface area contributed by atoms with Gasteiger partial charge in [0.05, 0.1) is 25.2 Å². The predicted molar refractivity (Wildman–Crippen MR) is 131 cm³/mol. The highest BCUT2D eigenvalue weighted by Gasteiger charge is 2.20. The largest absolute Gasteiger partial charge is 0.496 e. The van der Waals surface area contributed by atoms with Crippen molar-refractivity contribution in [3.63, 3.8) is 0 Å². The first-order valence-electron chi connectivity index (χ1n) is 11.0. The molecule has 0 spiro atoms. The summed E-state index contributed by atoms with van der Waals surface area (Å²) in [5.74, 6) is 1.58. The molecular formula is C25H36N2O5S. The Morgan fingerprint density at radius 3 is 2.18 bits per heavy atom. The molecule has 1 atom stereocenters. The maximum absolute atomic E-state index is 12.7. The van der Waals surface area contributed by atoms with Crippen LogP contribution in [-0.4, -0.2) is 46.9 Å². The lowest BCUT2D eigenvalue weighted by atomic mass is 9.93. The number of nitrogens with one attached hydrogen (secondary N) is 1. The van der Waals surface area contributed by atoms with E-state index in [1.807, 2.05) is 19.9 Å². The Morgan fingerprint density at radius 1 is 1.00 bits per heavy atom. The average Bonchev–Trinajstić information content (AvgIpc) is 2.76. The lowest BCUT2D eigenvalue weighted by molar-refractivity contribution is -0.121. The van der Waals surface area contributed by atoms with Gasteiger partial charge in [-0.1, -0.05) is 13.8 Å². The SMILES string of the molecule is COc1ccc(S(=O)(=O)N(C)C)cc1CCC(=O)NC(C)c1cc(C(C)C)c(OC)cc1C. The Morgan fingerprint density at radius 2 is 1.64 bits per heavy atom.